The Kier molecular flexibility index (Phi) is 3.13. The molecule has 2 N–H and O–H groups in total. The van der Waals surface area contributed by atoms with E-state index in [1.165, 1.54) is 26.2 Å². The van der Waals surface area contributed by atoms with Gasteiger partial charge in [0.2, 0.25) is 0 Å². The average molecular weight is 271 g/mol. The van der Waals surface area contributed by atoms with Crippen LogP contribution < -0.4 is 10.5 Å². The summed E-state index contributed by atoms with van der Waals surface area (Å²) in [6, 6.07) is 6.18. The van der Waals surface area contributed by atoms with Crippen LogP contribution in [0.4, 0.5) is 18.9 Å². The second-order valence-corrected chi connectivity index (χ2v) is 3.96. The molecule has 2 rings (SSSR count). The van der Waals surface area contributed by atoms with Gasteiger partial charge in [-0.05, 0) is 19.1 Å². The number of methoxy groups -OCH3 is 1. The van der Waals surface area contributed by atoms with E-state index >= 15 is 0 Å². The van der Waals surface area contributed by atoms with E-state index < -0.39 is 11.9 Å². The molecule has 0 aliphatic carbocycles. The van der Waals surface area contributed by atoms with Crippen molar-refractivity contribution in [3.05, 3.63) is 35.7 Å². The molecule has 0 amide bonds. The second-order valence-electron chi connectivity index (χ2n) is 3.96. The predicted molar refractivity (Wildman–Crippen MR) is 64.3 cm³/mol. The highest BCUT2D eigenvalue weighted by Crippen LogP contribution is 2.36. The molecule has 0 atom stereocenters. The quantitative estimate of drug-likeness (QED) is 0.913. The van der Waals surface area contributed by atoms with E-state index in [2.05, 4.69) is 5.10 Å². The third kappa shape index (κ3) is 2.35. The summed E-state index contributed by atoms with van der Waals surface area (Å²) in [6.07, 6.45) is -4.57. The van der Waals surface area contributed by atoms with Crippen molar-refractivity contribution in [1.29, 1.82) is 0 Å². The lowest BCUT2D eigenvalue weighted by molar-refractivity contribution is -0.142. The maximum Gasteiger partial charge on any atom is 0.435 e. The number of halogens is 3. The van der Waals surface area contributed by atoms with Gasteiger partial charge >= 0.3 is 6.18 Å². The molecule has 0 bridgehead atoms. The van der Waals surface area contributed by atoms with E-state index in [1.807, 2.05) is 0 Å². The molecular formula is C12H12F3N3O. The Morgan fingerprint density at radius 2 is 2.00 bits per heavy atom. The largest absolute Gasteiger partial charge is 0.497 e. The van der Waals surface area contributed by atoms with E-state index in [0.29, 0.717) is 5.75 Å². The number of nitrogen functional groups attached to an aromatic ring is 1. The van der Waals surface area contributed by atoms with Crippen molar-refractivity contribution in [3.63, 3.8) is 0 Å². The fraction of sp³-hybridized carbons (Fsp3) is 0.250. The van der Waals surface area contributed by atoms with Crippen LogP contribution in [0, 0.1) is 6.92 Å². The smallest absolute Gasteiger partial charge is 0.435 e. The standard InChI is InChI=1S/C12H12F3N3O/c1-7-10(16)11(12(13,14)15)18(17-7)8-4-3-5-9(6-8)19-2/h3-6H,16H2,1-2H3. The van der Waals surface area contributed by atoms with E-state index in [9.17, 15) is 13.2 Å². The summed E-state index contributed by atoms with van der Waals surface area (Å²) < 4.78 is 44.8. The monoisotopic (exact) mass is 271 g/mol. The van der Waals surface area contributed by atoms with Gasteiger partial charge in [-0.25, -0.2) is 4.68 Å². The van der Waals surface area contributed by atoms with E-state index in [1.54, 1.807) is 12.1 Å². The molecular weight excluding hydrogens is 259 g/mol. The Bertz CT molecular complexity index is 605. The minimum atomic E-state index is -4.57. The number of hydrogen-bond acceptors (Lipinski definition) is 3. The lowest BCUT2D eigenvalue weighted by Gasteiger charge is -2.11. The molecule has 19 heavy (non-hydrogen) atoms. The molecule has 1 aromatic carbocycles. The number of benzene rings is 1. The maximum absolute atomic E-state index is 13.0. The summed E-state index contributed by atoms with van der Waals surface area (Å²) in [7, 11) is 1.44. The Hall–Kier alpha value is -2.18. The highest BCUT2D eigenvalue weighted by molar-refractivity contribution is 5.53. The normalized spacial score (nSPS) is 11.6. The zero-order chi connectivity index (χ0) is 14.2. The van der Waals surface area contributed by atoms with Crippen LogP contribution in [0.25, 0.3) is 5.69 Å². The van der Waals surface area contributed by atoms with Crippen LogP contribution in [0.2, 0.25) is 0 Å². The molecule has 2 aromatic rings. The third-order valence-corrected chi connectivity index (χ3v) is 2.67. The van der Waals surface area contributed by atoms with Crippen molar-refractivity contribution in [3.8, 4) is 11.4 Å². The summed E-state index contributed by atoms with van der Waals surface area (Å²) in [4.78, 5) is 0. The molecule has 0 spiro atoms. The zero-order valence-electron chi connectivity index (χ0n) is 10.3. The van der Waals surface area contributed by atoms with Crippen molar-refractivity contribution in [1.82, 2.24) is 9.78 Å². The molecule has 102 valence electrons. The summed E-state index contributed by atoms with van der Waals surface area (Å²) in [5.41, 5.74) is 4.50. The number of hydrogen-bond donors (Lipinski definition) is 1. The number of rotatable bonds is 2. The molecule has 0 unspecified atom stereocenters. The van der Waals surface area contributed by atoms with Gasteiger partial charge in [0.05, 0.1) is 24.2 Å². The molecule has 0 radical (unpaired) electrons. The van der Waals surface area contributed by atoms with E-state index in [0.717, 1.165) is 4.68 Å². The van der Waals surface area contributed by atoms with Crippen LogP contribution in [0.5, 0.6) is 5.75 Å². The average Bonchev–Trinajstić information content (AvgIpc) is 2.65. The van der Waals surface area contributed by atoms with Crippen molar-refractivity contribution in [2.75, 3.05) is 12.8 Å². The molecule has 0 saturated carbocycles. The van der Waals surface area contributed by atoms with Gasteiger partial charge in [0.25, 0.3) is 0 Å². The Labute approximate surface area is 107 Å². The third-order valence-electron chi connectivity index (χ3n) is 2.67. The van der Waals surface area contributed by atoms with Crippen molar-refractivity contribution >= 4 is 5.69 Å². The van der Waals surface area contributed by atoms with Crippen molar-refractivity contribution in [2.45, 2.75) is 13.1 Å². The van der Waals surface area contributed by atoms with Crippen LogP contribution in [0.3, 0.4) is 0 Å². The molecule has 0 aliphatic rings. The highest BCUT2D eigenvalue weighted by atomic mass is 19.4. The van der Waals surface area contributed by atoms with E-state index in [-0.39, 0.29) is 17.1 Å². The van der Waals surface area contributed by atoms with Gasteiger partial charge in [-0.2, -0.15) is 18.3 Å². The van der Waals surface area contributed by atoms with Gasteiger partial charge in [0.1, 0.15) is 5.75 Å². The molecule has 0 fully saturated rings. The van der Waals surface area contributed by atoms with Crippen LogP contribution >= 0.6 is 0 Å². The second kappa shape index (κ2) is 4.49. The first-order chi connectivity index (χ1) is 8.84. The number of ether oxygens (including phenoxy) is 1. The van der Waals surface area contributed by atoms with Crippen molar-refractivity contribution in [2.24, 2.45) is 0 Å². The summed E-state index contributed by atoms with van der Waals surface area (Å²) in [5.74, 6) is 0.442. The van der Waals surface area contributed by atoms with Crippen LogP contribution in [-0.4, -0.2) is 16.9 Å². The lowest BCUT2D eigenvalue weighted by atomic mass is 10.2. The summed E-state index contributed by atoms with van der Waals surface area (Å²) >= 11 is 0. The number of anilines is 1. The van der Waals surface area contributed by atoms with Gasteiger partial charge in [0, 0.05) is 6.07 Å². The number of nitrogens with zero attached hydrogens (tertiary/aromatic N) is 2. The summed E-state index contributed by atoms with van der Waals surface area (Å²) in [5, 5.41) is 3.84. The number of aromatic nitrogens is 2. The minimum Gasteiger partial charge on any atom is -0.497 e. The lowest BCUT2D eigenvalue weighted by Crippen LogP contribution is -2.15. The Morgan fingerprint density at radius 3 is 2.58 bits per heavy atom. The number of alkyl halides is 3. The van der Waals surface area contributed by atoms with Gasteiger partial charge < -0.3 is 10.5 Å². The first kappa shape index (κ1) is 13.3. The Balaban J connectivity index is 2.65. The minimum absolute atomic E-state index is 0.134. The molecule has 1 heterocycles. The van der Waals surface area contributed by atoms with Gasteiger partial charge in [-0.3, -0.25) is 0 Å². The predicted octanol–water partition coefficient (Wildman–Crippen LogP) is 2.79. The first-order valence-corrected chi connectivity index (χ1v) is 5.41. The first-order valence-electron chi connectivity index (χ1n) is 5.41. The number of aryl methyl sites for hydroxylation is 1. The number of nitrogens with two attached hydrogens (primary N) is 1. The maximum atomic E-state index is 13.0. The SMILES string of the molecule is COc1cccc(-n2nc(C)c(N)c2C(F)(F)F)c1. The fourth-order valence-corrected chi connectivity index (χ4v) is 1.74. The van der Waals surface area contributed by atoms with Crippen LogP contribution in [0.1, 0.15) is 11.4 Å². The van der Waals surface area contributed by atoms with Gasteiger partial charge in [0.15, 0.2) is 5.69 Å². The van der Waals surface area contributed by atoms with Crippen LogP contribution in [0.15, 0.2) is 24.3 Å². The molecule has 0 aliphatic heterocycles. The highest BCUT2D eigenvalue weighted by Gasteiger charge is 2.39. The van der Waals surface area contributed by atoms with E-state index in [4.69, 9.17) is 10.5 Å². The summed E-state index contributed by atoms with van der Waals surface area (Å²) in [6.45, 7) is 1.43. The van der Waals surface area contributed by atoms with Crippen LogP contribution in [-0.2, 0) is 6.18 Å². The van der Waals surface area contributed by atoms with Gasteiger partial charge in [-0.15, -0.1) is 0 Å². The molecule has 7 heteroatoms. The fourth-order valence-electron chi connectivity index (χ4n) is 1.74. The topological polar surface area (TPSA) is 53.1 Å². The van der Waals surface area contributed by atoms with Gasteiger partial charge in [-0.1, -0.05) is 6.07 Å². The zero-order valence-corrected chi connectivity index (χ0v) is 10.3. The molecule has 1 aromatic heterocycles. The van der Waals surface area contributed by atoms with Crippen molar-refractivity contribution < 1.29 is 17.9 Å². The molecule has 0 saturated heterocycles. The molecule has 4 nitrogen and oxygen atoms in total. The Morgan fingerprint density at radius 1 is 1.32 bits per heavy atom.